The van der Waals surface area contributed by atoms with Crippen LogP contribution in [0.1, 0.15) is 16.8 Å². The van der Waals surface area contributed by atoms with Gasteiger partial charge in [-0.3, -0.25) is 0 Å². The van der Waals surface area contributed by atoms with Gasteiger partial charge in [0.1, 0.15) is 5.15 Å². The predicted octanol–water partition coefficient (Wildman–Crippen LogP) is 3.26. The summed E-state index contributed by atoms with van der Waals surface area (Å²) >= 11 is 12.2. The molecule has 0 fully saturated rings. The lowest BCUT2D eigenvalue weighted by molar-refractivity contribution is 1.03. The Morgan fingerprint density at radius 3 is 2.53 bits per heavy atom. The third kappa shape index (κ3) is 2.68. The molecule has 1 aromatic carbocycles. The summed E-state index contributed by atoms with van der Waals surface area (Å²) in [5.41, 5.74) is 8.15. The maximum atomic E-state index is 6.10. The molecule has 3 nitrogen and oxygen atoms in total. The predicted molar refractivity (Wildman–Crippen MR) is 70.4 cm³/mol. The first-order valence-electron chi connectivity index (χ1n) is 5.10. The number of halogens is 2. The molecule has 0 aliphatic rings. The number of nitrogens with two attached hydrogens (primary N) is 1. The Morgan fingerprint density at radius 2 is 1.88 bits per heavy atom. The quantitative estimate of drug-likeness (QED) is 0.850. The molecule has 2 aromatic rings. The lowest BCUT2D eigenvalue weighted by Crippen LogP contribution is -2.03. The molecule has 0 spiro atoms. The molecule has 5 heteroatoms. The molecule has 0 amide bonds. The molecule has 1 aromatic heterocycles. The highest BCUT2D eigenvalue weighted by Gasteiger charge is 2.10. The van der Waals surface area contributed by atoms with Crippen molar-refractivity contribution in [1.82, 2.24) is 9.97 Å². The maximum Gasteiger partial charge on any atom is 0.221 e. The van der Waals surface area contributed by atoms with Crippen LogP contribution in [0.25, 0.3) is 0 Å². The lowest BCUT2D eigenvalue weighted by atomic mass is 10.1. The van der Waals surface area contributed by atoms with Gasteiger partial charge in [-0.25, -0.2) is 9.97 Å². The van der Waals surface area contributed by atoms with Crippen LogP contribution in [0.2, 0.25) is 10.2 Å². The van der Waals surface area contributed by atoms with Gasteiger partial charge in [-0.1, -0.05) is 41.4 Å². The van der Waals surface area contributed by atoms with Gasteiger partial charge >= 0.3 is 0 Å². The standard InChI is InChI=1S/C12H11Cl2N3/c1-7-9(11(14)17-12(15)16-7)6-8-4-2-3-5-10(8)13/h2-5H,6H2,1H3,(H2,15,16,17). The minimum absolute atomic E-state index is 0.190. The smallest absolute Gasteiger partial charge is 0.221 e. The Bertz CT molecular complexity index is 532. The molecule has 0 atom stereocenters. The Labute approximate surface area is 110 Å². The molecule has 88 valence electrons. The summed E-state index contributed by atoms with van der Waals surface area (Å²) in [6.45, 7) is 1.86. The molecule has 0 aliphatic heterocycles. The highest BCUT2D eigenvalue weighted by Crippen LogP contribution is 2.24. The first-order chi connectivity index (χ1) is 8.08. The number of aryl methyl sites for hydroxylation is 1. The van der Waals surface area contributed by atoms with Gasteiger partial charge in [-0.05, 0) is 18.6 Å². The van der Waals surface area contributed by atoms with E-state index in [1.165, 1.54) is 0 Å². The maximum absolute atomic E-state index is 6.10. The van der Waals surface area contributed by atoms with Crippen LogP contribution in [0.3, 0.4) is 0 Å². The molecule has 17 heavy (non-hydrogen) atoms. The van der Waals surface area contributed by atoms with Crippen molar-refractivity contribution in [3.63, 3.8) is 0 Å². The van der Waals surface area contributed by atoms with Crippen molar-refractivity contribution in [2.75, 3.05) is 5.73 Å². The second-order valence-corrected chi connectivity index (χ2v) is 4.47. The number of anilines is 1. The zero-order valence-electron chi connectivity index (χ0n) is 9.24. The first-order valence-corrected chi connectivity index (χ1v) is 5.85. The van der Waals surface area contributed by atoms with E-state index in [2.05, 4.69) is 9.97 Å². The number of nitrogens with zero attached hydrogens (tertiary/aromatic N) is 2. The minimum atomic E-state index is 0.190. The van der Waals surface area contributed by atoms with Crippen molar-refractivity contribution < 1.29 is 0 Å². The molecule has 0 radical (unpaired) electrons. The highest BCUT2D eigenvalue weighted by atomic mass is 35.5. The van der Waals surface area contributed by atoms with Crippen LogP contribution >= 0.6 is 23.2 Å². The number of hydrogen-bond donors (Lipinski definition) is 1. The molecule has 0 saturated carbocycles. The van der Waals surface area contributed by atoms with Crippen LogP contribution in [0.4, 0.5) is 5.95 Å². The summed E-state index contributed by atoms with van der Waals surface area (Å²) in [6, 6.07) is 7.62. The fourth-order valence-corrected chi connectivity index (χ4v) is 2.11. The molecule has 0 unspecified atom stereocenters. The Balaban J connectivity index is 2.40. The van der Waals surface area contributed by atoms with E-state index < -0.39 is 0 Å². The van der Waals surface area contributed by atoms with Gasteiger partial charge in [0, 0.05) is 22.7 Å². The SMILES string of the molecule is Cc1nc(N)nc(Cl)c1Cc1ccccc1Cl. The van der Waals surface area contributed by atoms with E-state index >= 15 is 0 Å². The zero-order chi connectivity index (χ0) is 12.4. The molecule has 2 N–H and O–H groups in total. The summed E-state index contributed by atoms with van der Waals surface area (Å²) in [5, 5.41) is 1.09. The zero-order valence-corrected chi connectivity index (χ0v) is 10.8. The fraction of sp³-hybridized carbons (Fsp3) is 0.167. The third-order valence-electron chi connectivity index (χ3n) is 2.51. The van der Waals surface area contributed by atoms with Crippen molar-refractivity contribution in [2.45, 2.75) is 13.3 Å². The van der Waals surface area contributed by atoms with Gasteiger partial charge in [-0.15, -0.1) is 0 Å². The Kier molecular flexibility index (Phi) is 3.50. The summed E-state index contributed by atoms with van der Waals surface area (Å²) in [7, 11) is 0. The van der Waals surface area contributed by atoms with E-state index in [0.29, 0.717) is 16.6 Å². The average molecular weight is 268 g/mol. The van der Waals surface area contributed by atoms with Crippen LogP contribution in [0.5, 0.6) is 0 Å². The first kappa shape index (κ1) is 12.1. The molecule has 0 saturated heterocycles. The van der Waals surface area contributed by atoms with Gasteiger partial charge in [0.25, 0.3) is 0 Å². The second kappa shape index (κ2) is 4.90. The van der Waals surface area contributed by atoms with Crippen LogP contribution in [-0.4, -0.2) is 9.97 Å². The van der Waals surface area contributed by atoms with E-state index in [0.717, 1.165) is 16.8 Å². The normalized spacial score (nSPS) is 10.5. The number of aromatic nitrogens is 2. The Morgan fingerprint density at radius 1 is 1.18 bits per heavy atom. The molecule has 0 aliphatic carbocycles. The van der Waals surface area contributed by atoms with Gasteiger partial charge in [0.05, 0.1) is 0 Å². The van der Waals surface area contributed by atoms with Crippen LogP contribution in [-0.2, 0) is 6.42 Å². The monoisotopic (exact) mass is 267 g/mol. The molecular weight excluding hydrogens is 257 g/mol. The van der Waals surface area contributed by atoms with E-state index in [1.807, 2.05) is 31.2 Å². The summed E-state index contributed by atoms with van der Waals surface area (Å²) < 4.78 is 0. The molecular formula is C12H11Cl2N3. The Hall–Kier alpha value is -1.32. The minimum Gasteiger partial charge on any atom is -0.368 e. The summed E-state index contributed by atoms with van der Waals surface area (Å²) in [6.07, 6.45) is 0.602. The second-order valence-electron chi connectivity index (χ2n) is 3.70. The van der Waals surface area contributed by atoms with Crippen molar-refractivity contribution in [1.29, 1.82) is 0 Å². The topological polar surface area (TPSA) is 51.8 Å². The van der Waals surface area contributed by atoms with Crippen LogP contribution in [0, 0.1) is 6.92 Å². The third-order valence-corrected chi connectivity index (χ3v) is 3.19. The van der Waals surface area contributed by atoms with Crippen molar-refractivity contribution in [3.8, 4) is 0 Å². The van der Waals surface area contributed by atoms with Crippen LogP contribution < -0.4 is 5.73 Å². The van der Waals surface area contributed by atoms with Gasteiger partial charge in [-0.2, -0.15) is 0 Å². The number of nitrogen functional groups attached to an aromatic ring is 1. The molecule has 1 heterocycles. The average Bonchev–Trinajstić information content (AvgIpc) is 2.25. The summed E-state index contributed by atoms with van der Waals surface area (Å²) in [4.78, 5) is 8.05. The highest BCUT2D eigenvalue weighted by molar-refractivity contribution is 6.31. The van der Waals surface area contributed by atoms with Gasteiger partial charge in [0.2, 0.25) is 5.95 Å². The van der Waals surface area contributed by atoms with Crippen molar-refractivity contribution in [2.24, 2.45) is 0 Å². The number of hydrogen-bond acceptors (Lipinski definition) is 3. The van der Waals surface area contributed by atoms with E-state index in [-0.39, 0.29) is 5.95 Å². The lowest BCUT2D eigenvalue weighted by Gasteiger charge is -2.09. The summed E-state index contributed by atoms with van der Waals surface area (Å²) in [5.74, 6) is 0.190. The number of benzene rings is 1. The fourth-order valence-electron chi connectivity index (χ4n) is 1.61. The van der Waals surface area contributed by atoms with E-state index in [9.17, 15) is 0 Å². The number of rotatable bonds is 2. The van der Waals surface area contributed by atoms with Crippen molar-refractivity contribution >= 4 is 29.2 Å². The van der Waals surface area contributed by atoms with Crippen molar-refractivity contribution in [3.05, 3.63) is 51.3 Å². The molecule has 2 rings (SSSR count). The van der Waals surface area contributed by atoms with Gasteiger partial charge < -0.3 is 5.73 Å². The van der Waals surface area contributed by atoms with Gasteiger partial charge in [0.15, 0.2) is 0 Å². The van der Waals surface area contributed by atoms with E-state index in [1.54, 1.807) is 0 Å². The largest absolute Gasteiger partial charge is 0.368 e. The van der Waals surface area contributed by atoms with E-state index in [4.69, 9.17) is 28.9 Å². The molecule has 0 bridgehead atoms. The van der Waals surface area contributed by atoms with Crippen LogP contribution in [0.15, 0.2) is 24.3 Å².